The summed E-state index contributed by atoms with van der Waals surface area (Å²) >= 11 is 0. The molecule has 0 fully saturated rings. The summed E-state index contributed by atoms with van der Waals surface area (Å²) in [5, 5.41) is 5.53. The van der Waals surface area contributed by atoms with Gasteiger partial charge in [0.25, 0.3) is 0 Å². The standard InChI is InChI=1S/C17H20N2O4/c1-2-23-16(20)10-15(14-6-4-3-5-7-14)19-17(21)18-11-13-8-9-22-12-13/h3-9,12,15H,2,10-11H2,1H3,(H2,18,19,21)/t15-/m0/s1. The molecule has 0 saturated heterocycles. The molecule has 0 aliphatic carbocycles. The normalized spacial score (nSPS) is 11.5. The smallest absolute Gasteiger partial charge is 0.315 e. The maximum absolute atomic E-state index is 12.1. The fourth-order valence-corrected chi connectivity index (χ4v) is 2.11. The second-order valence-corrected chi connectivity index (χ2v) is 4.93. The molecule has 6 nitrogen and oxygen atoms in total. The minimum Gasteiger partial charge on any atom is -0.472 e. The molecule has 0 saturated carbocycles. The van der Waals surface area contributed by atoms with Gasteiger partial charge in [-0.3, -0.25) is 4.79 Å². The van der Waals surface area contributed by atoms with Gasteiger partial charge in [0.2, 0.25) is 0 Å². The van der Waals surface area contributed by atoms with Gasteiger partial charge in [-0.15, -0.1) is 0 Å². The SMILES string of the molecule is CCOC(=O)C[C@H](NC(=O)NCc1ccoc1)c1ccccc1. The van der Waals surface area contributed by atoms with Crippen molar-refractivity contribution in [3.63, 3.8) is 0 Å². The molecule has 122 valence electrons. The molecule has 2 N–H and O–H groups in total. The molecule has 6 heteroatoms. The van der Waals surface area contributed by atoms with Gasteiger partial charge in [0.1, 0.15) is 0 Å². The van der Waals surface area contributed by atoms with Crippen molar-refractivity contribution >= 4 is 12.0 Å². The largest absolute Gasteiger partial charge is 0.472 e. The first kappa shape index (κ1) is 16.6. The van der Waals surface area contributed by atoms with Crippen molar-refractivity contribution < 1.29 is 18.7 Å². The molecule has 2 rings (SSSR count). The molecule has 2 aromatic rings. The number of furan rings is 1. The van der Waals surface area contributed by atoms with Crippen LogP contribution in [0.4, 0.5) is 4.79 Å². The molecule has 0 aliphatic heterocycles. The van der Waals surface area contributed by atoms with Crippen LogP contribution in [-0.4, -0.2) is 18.6 Å². The van der Waals surface area contributed by atoms with Crippen molar-refractivity contribution in [2.24, 2.45) is 0 Å². The second-order valence-electron chi connectivity index (χ2n) is 4.93. The van der Waals surface area contributed by atoms with E-state index in [2.05, 4.69) is 10.6 Å². The van der Waals surface area contributed by atoms with Crippen molar-refractivity contribution in [3.8, 4) is 0 Å². The molecule has 2 amide bonds. The van der Waals surface area contributed by atoms with Crippen LogP contribution in [0.25, 0.3) is 0 Å². The van der Waals surface area contributed by atoms with Crippen LogP contribution in [0.5, 0.6) is 0 Å². The van der Waals surface area contributed by atoms with Crippen LogP contribution in [0.1, 0.15) is 30.5 Å². The van der Waals surface area contributed by atoms with E-state index in [-0.39, 0.29) is 18.4 Å². The van der Waals surface area contributed by atoms with E-state index in [1.165, 1.54) is 0 Å². The lowest BCUT2D eigenvalue weighted by Crippen LogP contribution is -2.38. The summed E-state index contributed by atoms with van der Waals surface area (Å²) < 4.78 is 9.92. The van der Waals surface area contributed by atoms with Gasteiger partial charge >= 0.3 is 12.0 Å². The number of rotatable bonds is 7. The van der Waals surface area contributed by atoms with Gasteiger partial charge in [-0.1, -0.05) is 30.3 Å². The van der Waals surface area contributed by atoms with Gasteiger partial charge in [0.05, 0.1) is 31.6 Å². The zero-order chi connectivity index (χ0) is 16.5. The Hall–Kier alpha value is -2.76. The number of nitrogens with one attached hydrogen (secondary N) is 2. The summed E-state index contributed by atoms with van der Waals surface area (Å²) in [7, 11) is 0. The number of urea groups is 1. The van der Waals surface area contributed by atoms with Gasteiger partial charge in [0, 0.05) is 12.1 Å². The van der Waals surface area contributed by atoms with E-state index >= 15 is 0 Å². The molecule has 1 atom stereocenters. The summed E-state index contributed by atoms with van der Waals surface area (Å²) in [6, 6.07) is 10.3. The van der Waals surface area contributed by atoms with E-state index in [0.29, 0.717) is 13.2 Å². The number of hydrogen-bond donors (Lipinski definition) is 2. The summed E-state index contributed by atoms with van der Waals surface area (Å²) in [6.45, 7) is 2.41. The summed E-state index contributed by atoms with van der Waals surface area (Å²) in [5.41, 5.74) is 1.71. The Morgan fingerprint density at radius 1 is 1.22 bits per heavy atom. The quantitative estimate of drug-likeness (QED) is 0.770. The van der Waals surface area contributed by atoms with Crippen molar-refractivity contribution in [3.05, 3.63) is 60.1 Å². The summed E-state index contributed by atoms with van der Waals surface area (Å²) in [5.74, 6) is -0.350. The highest BCUT2D eigenvalue weighted by Crippen LogP contribution is 2.17. The Balaban J connectivity index is 1.96. The molecule has 0 bridgehead atoms. The number of carbonyl (C=O) groups excluding carboxylic acids is 2. The van der Waals surface area contributed by atoms with E-state index < -0.39 is 6.04 Å². The van der Waals surface area contributed by atoms with E-state index in [1.54, 1.807) is 25.5 Å². The second kappa shape index (κ2) is 8.63. The molecular weight excluding hydrogens is 296 g/mol. The van der Waals surface area contributed by atoms with Crippen molar-refractivity contribution in [2.45, 2.75) is 25.9 Å². The number of ether oxygens (including phenoxy) is 1. The lowest BCUT2D eigenvalue weighted by Gasteiger charge is -2.18. The molecule has 23 heavy (non-hydrogen) atoms. The summed E-state index contributed by atoms with van der Waals surface area (Å²) in [4.78, 5) is 23.8. The topological polar surface area (TPSA) is 80.6 Å². The monoisotopic (exact) mass is 316 g/mol. The predicted octanol–water partition coefficient (Wildman–Crippen LogP) is 2.77. The third-order valence-electron chi connectivity index (χ3n) is 3.22. The van der Waals surface area contributed by atoms with Crippen LogP contribution in [0.2, 0.25) is 0 Å². The van der Waals surface area contributed by atoms with Crippen LogP contribution >= 0.6 is 0 Å². The molecule has 0 aliphatic rings. The van der Waals surface area contributed by atoms with Gasteiger partial charge in [-0.05, 0) is 18.6 Å². The van der Waals surface area contributed by atoms with Crippen LogP contribution in [0.3, 0.4) is 0 Å². The van der Waals surface area contributed by atoms with Crippen LogP contribution in [0, 0.1) is 0 Å². The number of carbonyl (C=O) groups is 2. The van der Waals surface area contributed by atoms with Crippen molar-refractivity contribution in [2.75, 3.05) is 6.61 Å². The molecule has 1 aromatic carbocycles. The minimum absolute atomic E-state index is 0.0803. The van der Waals surface area contributed by atoms with E-state index in [9.17, 15) is 9.59 Å². The van der Waals surface area contributed by atoms with Gasteiger partial charge in [-0.2, -0.15) is 0 Å². The average Bonchev–Trinajstić information content (AvgIpc) is 3.07. The first-order chi connectivity index (χ1) is 11.2. The lowest BCUT2D eigenvalue weighted by molar-refractivity contribution is -0.143. The van der Waals surface area contributed by atoms with Crippen LogP contribution in [0.15, 0.2) is 53.3 Å². The summed E-state index contributed by atoms with van der Waals surface area (Å²) in [6.07, 6.45) is 3.19. The molecule has 1 aromatic heterocycles. The molecule has 0 radical (unpaired) electrons. The first-order valence-corrected chi connectivity index (χ1v) is 7.45. The fourth-order valence-electron chi connectivity index (χ4n) is 2.11. The first-order valence-electron chi connectivity index (χ1n) is 7.45. The Labute approximate surface area is 134 Å². The Morgan fingerprint density at radius 3 is 2.65 bits per heavy atom. The minimum atomic E-state index is -0.445. The average molecular weight is 316 g/mol. The Bertz CT molecular complexity index is 611. The highest BCUT2D eigenvalue weighted by molar-refractivity contribution is 5.76. The van der Waals surface area contributed by atoms with Crippen LogP contribution < -0.4 is 10.6 Å². The molecule has 1 heterocycles. The Kier molecular flexibility index (Phi) is 6.23. The zero-order valence-corrected chi connectivity index (χ0v) is 13.0. The fraction of sp³-hybridized carbons (Fsp3) is 0.294. The number of amides is 2. The van der Waals surface area contributed by atoms with Gasteiger partial charge < -0.3 is 19.8 Å². The maximum Gasteiger partial charge on any atom is 0.315 e. The lowest BCUT2D eigenvalue weighted by atomic mass is 10.0. The third kappa shape index (κ3) is 5.50. The van der Waals surface area contributed by atoms with Crippen molar-refractivity contribution in [1.29, 1.82) is 0 Å². The number of hydrogen-bond acceptors (Lipinski definition) is 4. The third-order valence-corrected chi connectivity index (χ3v) is 3.22. The van der Waals surface area contributed by atoms with Gasteiger partial charge in [0.15, 0.2) is 0 Å². The molecule has 0 spiro atoms. The van der Waals surface area contributed by atoms with Gasteiger partial charge in [-0.25, -0.2) is 4.79 Å². The number of esters is 1. The highest BCUT2D eigenvalue weighted by Gasteiger charge is 2.19. The van der Waals surface area contributed by atoms with Crippen molar-refractivity contribution in [1.82, 2.24) is 10.6 Å². The number of benzene rings is 1. The maximum atomic E-state index is 12.1. The van der Waals surface area contributed by atoms with E-state index in [0.717, 1.165) is 11.1 Å². The Morgan fingerprint density at radius 2 is 2.00 bits per heavy atom. The van der Waals surface area contributed by atoms with E-state index in [4.69, 9.17) is 9.15 Å². The highest BCUT2D eigenvalue weighted by atomic mass is 16.5. The molecular formula is C17H20N2O4. The molecule has 0 unspecified atom stereocenters. The predicted molar refractivity (Wildman–Crippen MR) is 84.5 cm³/mol. The van der Waals surface area contributed by atoms with E-state index in [1.807, 2.05) is 30.3 Å². The zero-order valence-electron chi connectivity index (χ0n) is 13.0. The van der Waals surface area contributed by atoms with Crippen LogP contribution in [-0.2, 0) is 16.1 Å².